The van der Waals surface area contributed by atoms with Crippen LogP contribution in [-0.2, 0) is 14.6 Å². The van der Waals surface area contributed by atoms with Gasteiger partial charge in [0.2, 0.25) is 5.91 Å². The molecule has 16 heavy (non-hydrogen) atoms. The first-order valence-corrected chi connectivity index (χ1v) is 6.23. The van der Waals surface area contributed by atoms with E-state index in [2.05, 4.69) is 5.32 Å². The quantitative estimate of drug-likeness (QED) is 0.742. The Kier molecular flexibility index (Phi) is 3.61. The van der Waals surface area contributed by atoms with E-state index in [1.54, 1.807) is 0 Å². The molecule has 0 saturated carbocycles. The first-order chi connectivity index (χ1) is 7.34. The molecule has 5 nitrogen and oxygen atoms in total. The molecule has 1 rings (SSSR count). The van der Waals surface area contributed by atoms with Gasteiger partial charge in [-0.15, -0.1) is 0 Å². The normalized spacial score (nSPS) is 11.2. The van der Waals surface area contributed by atoms with E-state index in [0.717, 1.165) is 24.5 Å². The molecule has 0 heterocycles. The molecule has 1 aromatic rings. The Morgan fingerprint density at radius 1 is 1.50 bits per heavy atom. The average molecular weight is 246 g/mol. The maximum Gasteiger partial charge on any atom is 0.238 e. The van der Waals surface area contributed by atoms with Gasteiger partial charge in [0.15, 0.2) is 9.84 Å². The smallest absolute Gasteiger partial charge is 0.238 e. The minimum atomic E-state index is -3.43. The maximum atomic E-state index is 13.2. The van der Waals surface area contributed by atoms with E-state index in [1.165, 1.54) is 0 Å². The van der Waals surface area contributed by atoms with Crippen LogP contribution in [0.4, 0.5) is 10.1 Å². The predicted octanol–water partition coefficient (Wildman–Crippen LogP) is 0.126. The molecule has 0 radical (unpaired) electrons. The summed E-state index contributed by atoms with van der Waals surface area (Å²) in [5.41, 5.74) is 4.85. The number of hydrogen-bond acceptors (Lipinski definition) is 4. The third kappa shape index (κ3) is 3.01. The van der Waals surface area contributed by atoms with Crippen LogP contribution in [0.5, 0.6) is 0 Å². The molecule has 88 valence electrons. The predicted molar refractivity (Wildman–Crippen MR) is 57.2 cm³/mol. The van der Waals surface area contributed by atoms with Crippen LogP contribution >= 0.6 is 0 Å². The third-order valence-electron chi connectivity index (χ3n) is 1.83. The number of carbonyl (C=O) groups is 1. The molecule has 1 aromatic carbocycles. The minimum absolute atomic E-state index is 0.0683. The zero-order valence-corrected chi connectivity index (χ0v) is 9.34. The van der Waals surface area contributed by atoms with Gasteiger partial charge in [-0.05, 0) is 18.2 Å². The Labute approximate surface area is 92.4 Å². The molecule has 0 aromatic heterocycles. The van der Waals surface area contributed by atoms with Crippen molar-refractivity contribution in [2.45, 2.75) is 4.90 Å². The number of nitrogens with one attached hydrogen (secondary N) is 1. The van der Waals surface area contributed by atoms with Crippen molar-refractivity contribution in [2.75, 3.05) is 18.1 Å². The van der Waals surface area contributed by atoms with Crippen molar-refractivity contribution < 1.29 is 17.6 Å². The summed E-state index contributed by atoms with van der Waals surface area (Å²) in [4.78, 5) is 10.9. The number of benzene rings is 1. The third-order valence-corrected chi connectivity index (χ3v) is 2.94. The van der Waals surface area contributed by atoms with Gasteiger partial charge in [0.1, 0.15) is 5.82 Å². The van der Waals surface area contributed by atoms with Gasteiger partial charge in [0, 0.05) is 6.26 Å². The zero-order valence-electron chi connectivity index (χ0n) is 8.53. The summed E-state index contributed by atoms with van der Waals surface area (Å²) >= 11 is 0. The largest absolute Gasteiger partial charge is 0.322 e. The van der Waals surface area contributed by atoms with Crippen molar-refractivity contribution in [1.29, 1.82) is 0 Å². The molecular weight excluding hydrogens is 235 g/mol. The number of sulfone groups is 1. The molecule has 1 amide bonds. The van der Waals surface area contributed by atoms with E-state index < -0.39 is 21.6 Å². The second kappa shape index (κ2) is 4.58. The number of halogens is 1. The SMILES string of the molecule is CS(=O)(=O)c1ccc(F)c(NC(=O)CN)c1. The van der Waals surface area contributed by atoms with Gasteiger partial charge >= 0.3 is 0 Å². The summed E-state index contributed by atoms with van der Waals surface area (Å²) < 4.78 is 35.6. The second-order valence-corrected chi connectivity index (χ2v) is 5.18. The van der Waals surface area contributed by atoms with E-state index in [-0.39, 0.29) is 17.1 Å². The fourth-order valence-electron chi connectivity index (χ4n) is 1.03. The number of nitrogens with two attached hydrogens (primary N) is 1. The van der Waals surface area contributed by atoms with Crippen LogP contribution < -0.4 is 11.1 Å². The van der Waals surface area contributed by atoms with Gasteiger partial charge in [-0.1, -0.05) is 0 Å². The highest BCUT2D eigenvalue weighted by molar-refractivity contribution is 7.90. The Morgan fingerprint density at radius 2 is 2.12 bits per heavy atom. The lowest BCUT2D eigenvalue weighted by Crippen LogP contribution is -2.22. The molecule has 0 aliphatic rings. The van der Waals surface area contributed by atoms with E-state index >= 15 is 0 Å². The fourth-order valence-corrected chi connectivity index (χ4v) is 1.68. The lowest BCUT2D eigenvalue weighted by molar-refractivity contribution is -0.114. The van der Waals surface area contributed by atoms with Gasteiger partial charge in [0.05, 0.1) is 17.1 Å². The van der Waals surface area contributed by atoms with Crippen LogP contribution in [0, 0.1) is 5.82 Å². The first-order valence-electron chi connectivity index (χ1n) is 4.34. The summed E-state index contributed by atoms with van der Waals surface area (Å²) in [7, 11) is -3.43. The summed E-state index contributed by atoms with van der Waals surface area (Å²) in [5, 5.41) is 2.17. The molecule has 7 heteroatoms. The van der Waals surface area contributed by atoms with E-state index in [1.807, 2.05) is 0 Å². The lowest BCUT2D eigenvalue weighted by Gasteiger charge is -2.06. The molecular formula is C9H11FN2O3S. The summed E-state index contributed by atoms with van der Waals surface area (Å²) in [6, 6.07) is 3.16. The molecule has 3 N–H and O–H groups in total. The molecule has 0 bridgehead atoms. The summed E-state index contributed by atoms with van der Waals surface area (Å²) in [6.07, 6.45) is 0.995. The molecule has 0 unspecified atom stereocenters. The molecule has 0 atom stereocenters. The molecule has 0 spiro atoms. The van der Waals surface area contributed by atoms with Crippen molar-refractivity contribution in [2.24, 2.45) is 5.73 Å². The van der Waals surface area contributed by atoms with Crippen molar-refractivity contribution in [3.63, 3.8) is 0 Å². The number of hydrogen-bond donors (Lipinski definition) is 2. The van der Waals surface area contributed by atoms with Gasteiger partial charge in [-0.25, -0.2) is 12.8 Å². The van der Waals surface area contributed by atoms with Crippen LogP contribution in [0.3, 0.4) is 0 Å². The van der Waals surface area contributed by atoms with Crippen LogP contribution in [0.2, 0.25) is 0 Å². The summed E-state index contributed by atoms with van der Waals surface area (Å²) in [5.74, 6) is -1.31. The number of anilines is 1. The van der Waals surface area contributed by atoms with Crippen LogP contribution in [0.1, 0.15) is 0 Å². The Hall–Kier alpha value is -1.47. The van der Waals surface area contributed by atoms with E-state index in [4.69, 9.17) is 5.73 Å². The van der Waals surface area contributed by atoms with Crippen molar-refractivity contribution in [1.82, 2.24) is 0 Å². The van der Waals surface area contributed by atoms with Crippen LogP contribution in [0.15, 0.2) is 23.1 Å². The molecule has 0 fully saturated rings. The van der Waals surface area contributed by atoms with E-state index in [0.29, 0.717) is 0 Å². The standard InChI is InChI=1S/C9H11FN2O3S/c1-16(14,15)6-2-3-7(10)8(4-6)12-9(13)5-11/h2-4H,5,11H2,1H3,(H,12,13). The van der Waals surface area contributed by atoms with Crippen LogP contribution in [-0.4, -0.2) is 27.1 Å². The highest BCUT2D eigenvalue weighted by atomic mass is 32.2. The Balaban J connectivity index is 3.14. The zero-order chi connectivity index (χ0) is 12.3. The van der Waals surface area contributed by atoms with Crippen molar-refractivity contribution in [3.05, 3.63) is 24.0 Å². The van der Waals surface area contributed by atoms with Crippen molar-refractivity contribution in [3.8, 4) is 0 Å². The summed E-state index contributed by atoms with van der Waals surface area (Å²) in [6.45, 7) is -0.303. The van der Waals surface area contributed by atoms with Gasteiger partial charge in [0.25, 0.3) is 0 Å². The Bertz CT molecular complexity index is 513. The number of amides is 1. The number of carbonyl (C=O) groups excluding carboxylic acids is 1. The van der Waals surface area contributed by atoms with E-state index in [9.17, 15) is 17.6 Å². The number of rotatable bonds is 3. The topological polar surface area (TPSA) is 89.3 Å². The molecule has 0 aliphatic carbocycles. The van der Waals surface area contributed by atoms with Gasteiger partial charge in [-0.2, -0.15) is 0 Å². The first kappa shape index (κ1) is 12.6. The highest BCUT2D eigenvalue weighted by Crippen LogP contribution is 2.19. The van der Waals surface area contributed by atoms with Gasteiger partial charge in [-0.3, -0.25) is 4.79 Å². The fraction of sp³-hybridized carbons (Fsp3) is 0.222. The Morgan fingerprint density at radius 3 is 2.62 bits per heavy atom. The molecule has 0 aliphatic heterocycles. The van der Waals surface area contributed by atoms with Crippen LogP contribution in [0.25, 0.3) is 0 Å². The lowest BCUT2D eigenvalue weighted by atomic mass is 10.3. The molecule has 0 saturated heterocycles. The minimum Gasteiger partial charge on any atom is -0.322 e. The second-order valence-electron chi connectivity index (χ2n) is 3.17. The highest BCUT2D eigenvalue weighted by Gasteiger charge is 2.12. The maximum absolute atomic E-state index is 13.2. The average Bonchev–Trinajstić information content (AvgIpc) is 2.19. The monoisotopic (exact) mass is 246 g/mol. The van der Waals surface area contributed by atoms with Crippen molar-refractivity contribution >= 4 is 21.4 Å². The van der Waals surface area contributed by atoms with Gasteiger partial charge < -0.3 is 11.1 Å².